The zero-order chi connectivity index (χ0) is 22.4. The van der Waals surface area contributed by atoms with E-state index in [4.69, 9.17) is 0 Å². The monoisotopic (exact) mass is 525 g/mol. The van der Waals surface area contributed by atoms with Crippen molar-refractivity contribution in [2.45, 2.75) is 10.1 Å². The summed E-state index contributed by atoms with van der Waals surface area (Å²) in [6, 6.07) is 17.3. The van der Waals surface area contributed by atoms with Crippen molar-refractivity contribution in [2.24, 2.45) is 0 Å². The molecule has 10 heteroatoms. The van der Waals surface area contributed by atoms with E-state index in [1.54, 1.807) is 30.0 Å². The number of carbonyl (C=O) groups excluding carboxylic acids is 2. The highest BCUT2D eigenvalue weighted by molar-refractivity contribution is 9.10. The van der Waals surface area contributed by atoms with E-state index in [0.717, 1.165) is 29.7 Å². The molecule has 0 bridgehead atoms. The summed E-state index contributed by atoms with van der Waals surface area (Å²) in [5.74, 6) is -0.490. The van der Waals surface area contributed by atoms with E-state index in [1.165, 1.54) is 35.1 Å². The Bertz CT molecular complexity index is 1420. The van der Waals surface area contributed by atoms with Crippen LogP contribution in [0.2, 0.25) is 0 Å². The van der Waals surface area contributed by atoms with Gasteiger partial charge in [0.1, 0.15) is 5.56 Å². The number of nitrogens with zero attached hydrogens (tertiary/aromatic N) is 3. The van der Waals surface area contributed by atoms with Crippen molar-refractivity contribution >= 4 is 72.4 Å². The van der Waals surface area contributed by atoms with Gasteiger partial charge in [-0.3, -0.25) is 19.7 Å². The fraction of sp³-hybridized carbons (Fsp3) is 0.0455. The van der Waals surface area contributed by atoms with Crippen LogP contribution in [0.15, 0.2) is 69.5 Å². The van der Waals surface area contributed by atoms with Crippen LogP contribution in [-0.4, -0.2) is 21.7 Å². The third-order valence-corrected chi connectivity index (χ3v) is 7.74. The Kier molecular flexibility index (Phi) is 5.28. The van der Waals surface area contributed by atoms with E-state index in [-0.39, 0.29) is 16.8 Å². The second-order valence-electron chi connectivity index (χ2n) is 6.95. The fourth-order valence-corrected chi connectivity index (χ4v) is 5.79. The molecule has 158 valence electrons. The van der Waals surface area contributed by atoms with Crippen molar-refractivity contribution in [1.82, 2.24) is 4.98 Å². The first-order valence-corrected chi connectivity index (χ1v) is 12.0. The van der Waals surface area contributed by atoms with Gasteiger partial charge in [-0.1, -0.05) is 45.9 Å². The van der Waals surface area contributed by atoms with Gasteiger partial charge in [0.25, 0.3) is 17.5 Å². The minimum atomic E-state index is -0.689. The van der Waals surface area contributed by atoms with Gasteiger partial charge in [0.2, 0.25) is 0 Å². The van der Waals surface area contributed by atoms with Crippen molar-refractivity contribution < 1.29 is 14.5 Å². The molecule has 0 unspecified atom stereocenters. The largest absolute Gasteiger partial charge is 0.283 e. The number of thioether (sulfide) groups is 1. The molecule has 0 saturated heterocycles. The molecule has 7 nitrogen and oxygen atoms in total. The van der Waals surface area contributed by atoms with Gasteiger partial charge in [-0.2, -0.15) is 0 Å². The summed E-state index contributed by atoms with van der Waals surface area (Å²) < 4.78 is 2.72. The minimum Gasteiger partial charge on any atom is -0.268 e. The first kappa shape index (κ1) is 20.8. The summed E-state index contributed by atoms with van der Waals surface area (Å²) in [6.07, 6.45) is 0. The van der Waals surface area contributed by atoms with E-state index in [9.17, 15) is 19.7 Å². The van der Waals surface area contributed by atoms with Gasteiger partial charge in [-0.05, 0) is 42.0 Å². The van der Waals surface area contributed by atoms with Crippen LogP contribution in [0.5, 0.6) is 0 Å². The summed E-state index contributed by atoms with van der Waals surface area (Å²) in [6.45, 7) is 0. The number of rotatable bonds is 5. The summed E-state index contributed by atoms with van der Waals surface area (Å²) in [4.78, 5) is 42.1. The molecule has 0 fully saturated rings. The Morgan fingerprint density at radius 2 is 1.84 bits per heavy atom. The number of imide groups is 1. The van der Waals surface area contributed by atoms with Crippen molar-refractivity contribution in [1.29, 1.82) is 0 Å². The highest BCUT2D eigenvalue weighted by Crippen LogP contribution is 2.37. The molecule has 2 heterocycles. The Morgan fingerprint density at radius 3 is 2.59 bits per heavy atom. The Labute approximate surface area is 198 Å². The van der Waals surface area contributed by atoms with Crippen LogP contribution in [0.25, 0.3) is 10.2 Å². The average Bonchev–Trinajstić information content (AvgIpc) is 3.31. The van der Waals surface area contributed by atoms with Crippen molar-refractivity contribution in [3.05, 3.63) is 91.9 Å². The minimum absolute atomic E-state index is 0.0411. The van der Waals surface area contributed by atoms with Crippen LogP contribution in [-0.2, 0) is 5.75 Å². The van der Waals surface area contributed by atoms with Crippen LogP contribution >= 0.6 is 39.0 Å². The predicted molar refractivity (Wildman–Crippen MR) is 128 cm³/mol. The number of hydrogen-bond donors (Lipinski definition) is 0. The number of hydrogen-bond acceptors (Lipinski definition) is 7. The van der Waals surface area contributed by atoms with Gasteiger partial charge in [-0.15, -0.1) is 11.3 Å². The Morgan fingerprint density at radius 1 is 1.06 bits per heavy atom. The van der Waals surface area contributed by atoms with Crippen LogP contribution < -0.4 is 4.90 Å². The third-order valence-electron chi connectivity index (χ3n) is 4.98. The van der Waals surface area contributed by atoms with Crippen molar-refractivity contribution in [2.75, 3.05) is 4.90 Å². The molecule has 0 atom stereocenters. The molecular formula is C22H12BrN3O4S2. The molecule has 0 saturated carbocycles. The van der Waals surface area contributed by atoms with Crippen LogP contribution in [0.1, 0.15) is 26.3 Å². The topological polar surface area (TPSA) is 93.4 Å². The Hall–Kier alpha value is -3.08. The van der Waals surface area contributed by atoms with Crippen LogP contribution in [0.4, 0.5) is 11.4 Å². The van der Waals surface area contributed by atoms with E-state index in [1.807, 2.05) is 24.3 Å². The Balaban J connectivity index is 1.43. The van der Waals surface area contributed by atoms with E-state index in [0.29, 0.717) is 5.69 Å². The first-order chi connectivity index (χ1) is 15.4. The maximum absolute atomic E-state index is 12.9. The molecule has 5 rings (SSSR count). The molecule has 0 aliphatic carbocycles. The lowest BCUT2D eigenvalue weighted by Crippen LogP contribution is -2.29. The highest BCUT2D eigenvalue weighted by Gasteiger charge is 2.41. The normalized spacial score (nSPS) is 13.1. The summed E-state index contributed by atoms with van der Waals surface area (Å²) >= 11 is 6.51. The number of carbonyl (C=O) groups is 2. The lowest BCUT2D eigenvalue weighted by atomic mass is 10.1. The maximum Gasteiger partial charge on any atom is 0.283 e. The second kappa shape index (κ2) is 8.12. The molecule has 3 aromatic carbocycles. The van der Waals surface area contributed by atoms with Crippen molar-refractivity contribution in [3.63, 3.8) is 0 Å². The number of aromatic nitrogens is 1. The molecule has 0 spiro atoms. The van der Waals surface area contributed by atoms with E-state index < -0.39 is 16.7 Å². The molecule has 1 aliphatic heterocycles. The van der Waals surface area contributed by atoms with Crippen LogP contribution in [0.3, 0.4) is 0 Å². The average molecular weight is 526 g/mol. The van der Waals surface area contributed by atoms with Gasteiger partial charge in [0.15, 0.2) is 4.34 Å². The molecule has 32 heavy (non-hydrogen) atoms. The molecular weight excluding hydrogens is 514 g/mol. The number of nitro groups is 1. The number of anilines is 1. The summed E-state index contributed by atoms with van der Waals surface area (Å²) in [7, 11) is 0. The van der Waals surface area contributed by atoms with Crippen LogP contribution in [0, 0.1) is 10.1 Å². The third kappa shape index (κ3) is 3.60. The molecule has 1 aliphatic rings. The quantitative estimate of drug-likeness (QED) is 0.136. The van der Waals surface area contributed by atoms with Gasteiger partial charge in [-0.25, -0.2) is 9.88 Å². The summed E-state index contributed by atoms with van der Waals surface area (Å²) in [5, 5.41) is 11.3. The smallest absolute Gasteiger partial charge is 0.268 e. The number of nitro benzene ring substituents is 1. The second-order valence-corrected chi connectivity index (χ2v) is 10.1. The number of amides is 2. The number of halogens is 1. The maximum atomic E-state index is 12.9. The zero-order valence-electron chi connectivity index (χ0n) is 16.1. The lowest BCUT2D eigenvalue weighted by Gasteiger charge is -2.13. The van der Waals surface area contributed by atoms with E-state index in [2.05, 4.69) is 20.9 Å². The van der Waals surface area contributed by atoms with Crippen molar-refractivity contribution in [3.8, 4) is 0 Å². The van der Waals surface area contributed by atoms with E-state index >= 15 is 0 Å². The summed E-state index contributed by atoms with van der Waals surface area (Å²) in [5.41, 5.74) is 1.81. The molecule has 1 aromatic heterocycles. The molecule has 2 amide bonds. The molecule has 0 N–H and O–H groups in total. The fourth-order valence-electron chi connectivity index (χ4n) is 3.47. The van der Waals surface area contributed by atoms with Gasteiger partial charge in [0.05, 0.1) is 26.4 Å². The first-order valence-electron chi connectivity index (χ1n) is 9.36. The van der Waals surface area contributed by atoms with Gasteiger partial charge < -0.3 is 0 Å². The lowest BCUT2D eigenvalue weighted by molar-refractivity contribution is -0.385. The standard InChI is InChI=1S/C22H12BrN3O4S2/c23-13-6-4-12(5-7-13)11-31-22-24-16-9-8-14(10-18(16)32-22)25-20(27)15-2-1-3-17(26(29)30)19(15)21(25)28/h1-10H,11H2. The number of thiazole rings is 1. The zero-order valence-corrected chi connectivity index (χ0v) is 19.4. The molecule has 0 radical (unpaired) electrons. The van der Waals surface area contributed by atoms with Gasteiger partial charge >= 0.3 is 0 Å². The highest BCUT2D eigenvalue weighted by atomic mass is 79.9. The number of benzene rings is 3. The van der Waals surface area contributed by atoms with Gasteiger partial charge in [0, 0.05) is 16.3 Å². The molecule has 4 aromatic rings. The SMILES string of the molecule is O=C1c2cccc([N+](=O)[O-])c2C(=O)N1c1ccc2nc(SCc3ccc(Br)cc3)sc2c1. The number of fused-ring (bicyclic) bond motifs is 2. The predicted octanol–water partition coefficient (Wildman–Crippen LogP) is 6.06.